The van der Waals surface area contributed by atoms with Gasteiger partial charge in [-0.05, 0) is 42.4 Å². The van der Waals surface area contributed by atoms with Gasteiger partial charge in [0.25, 0.3) is 0 Å². The van der Waals surface area contributed by atoms with Gasteiger partial charge in [-0.1, -0.05) is 36.4 Å². The summed E-state index contributed by atoms with van der Waals surface area (Å²) in [6.45, 7) is -0.110. The lowest BCUT2D eigenvalue weighted by molar-refractivity contribution is 0.283. The summed E-state index contributed by atoms with van der Waals surface area (Å²) >= 11 is 0. The van der Waals surface area contributed by atoms with Crippen LogP contribution in [0.5, 0.6) is 0 Å². The molecule has 0 amide bonds. The van der Waals surface area contributed by atoms with Crippen LogP contribution in [0.15, 0.2) is 71.8 Å². The van der Waals surface area contributed by atoms with Crippen LogP contribution in [0.3, 0.4) is 0 Å². The number of benzene rings is 3. The molecule has 0 fully saturated rings. The van der Waals surface area contributed by atoms with Crippen LogP contribution >= 0.6 is 0 Å². The van der Waals surface area contributed by atoms with Gasteiger partial charge in [-0.15, -0.1) is 0 Å². The summed E-state index contributed by atoms with van der Waals surface area (Å²) in [6, 6.07) is 16.6. The van der Waals surface area contributed by atoms with Crippen molar-refractivity contribution in [3.8, 4) is 22.3 Å². The van der Waals surface area contributed by atoms with E-state index in [1.165, 1.54) is 19.2 Å². The third-order valence-corrected chi connectivity index (χ3v) is 6.45. The van der Waals surface area contributed by atoms with Gasteiger partial charge < -0.3 is 10.1 Å². The molecule has 0 spiro atoms. The van der Waals surface area contributed by atoms with E-state index < -0.39 is 15.8 Å². The first-order valence-electron chi connectivity index (χ1n) is 8.98. The largest absolute Gasteiger partial charge is 0.392 e. The number of hydrogen-bond donors (Lipinski definition) is 3. The number of H-pyrrole nitrogens is 1. The Morgan fingerprint density at radius 1 is 1.00 bits per heavy atom. The summed E-state index contributed by atoms with van der Waals surface area (Å²) < 4.78 is 41.9. The van der Waals surface area contributed by atoms with Gasteiger partial charge in [0.1, 0.15) is 5.82 Å². The van der Waals surface area contributed by atoms with Crippen molar-refractivity contribution in [2.45, 2.75) is 11.5 Å². The summed E-state index contributed by atoms with van der Waals surface area (Å²) in [4.78, 5) is 3.17. The second kappa shape index (κ2) is 7.44. The lowest BCUT2D eigenvalue weighted by atomic mass is 9.98. The maximum Gasteiger partial charge on any atom is 0.240 e. The molecule has 5 nitrogen and oxygen atoms in total. The van der Waals surface area contributed by atoms with Crippen molar-refractivity contribution in [2.75, 3.05) is 7.05 Å². The van der Waals surface area contributed by atoms with E-state index in [1.807, 2.05) is 12.1 Å². The van der Waals surface area contributed by atoms with E-state index in [9.17, 15) is 13.5 Å². The second-order valence-corrected chi connectivity index (χ2v) is 8.49. The maximum atomic E-state index is 15.0. The summed E-state index contributed by atoms with van der Waals surface area (Å²) in [5, 5.41) is 10.3. The van der Waals surface area contributed by atoms with E-state index in [4.69, 9.17) is 0 Å². The summed E-state index contributed by atoms with van der Waals surface area (Å²) in [5.74, 6) is -0.459. The van der Waals surface area contributed by atoms with E-state index in [1.54, 1.807) is 42.6 Å². The Labute approximate surface area is 167 Å². The summed E-state index contributed by atoms with van der Waals surface area (Å²) in [6.07, 6.45) is 1.73. The number of halogens is 1. The first kappa shape index (κ1) is 19.3. The zero-order valence-corrected chi connectivity index (χ0v) is 16.4. The van der Waals surface area contributed by atoms with E-state index >= 15 is 4.39 Å². The number of nitrogens with one attached hydrogen (secondary N) is 2. The van der Waals surface area contributed by atoms with Crippen molar-refractivity contribution in [1.29, 1.82) is 0 Å². The van der Waals surface area contributed by atoms with Crippen LogP contribution in [0.4, 0.5) is 4.39 Å². The van der Waals surface area contributed by atoms with Crippen molar-refractivity contribution in [1.82, 2.24) is 9.71 Å². The number of aliphatic hydroxyl groups is 1. The van der Waals surface area contributed by atoms with Gasteiger partial charge in [0.2, 0.25) is 10.0 Å². The van der Waals surface area contributed by atoms with Crippen molar-refractivity contribution in [2.24, 2.45) is 0 Å². The molecule has 0 bridgehead atoms. The Kier molecular flexibility index (Phi) is 4.96. The number of rotatable bonds is 5. The molecule has 0 saturated carbocycles. The van der Waals surface area contributed by atoms with Gasteiger partial charge in [0.05, 0.1) is 11.5 Å². The number of aromatic nitrogens is 1. The highest BCUT2D eigenvalue weighted by Crippen LogP contribution is 2.33. The smallest absolute Gasteiger partial charge is 0.240 e. The third-order valence-electron chi connectivity index (χ3n) is 4.97. The van der Waals surface area contributed by atoms with Gasteiger partial charge in [-0.3, -0.25) is 0 Å². The Bertz CT molecular complexity index is 1310. The first-order chi connectivity index (χ1) is 13.9. The van der Waals surface area contributed by atoms with E-state index in [0.29, 0.717) is 22.3 Å². The molecule has 4 rings (SSSR count). The molecule has 3 aromatic carbocycles. The molecule has 3 N–H and O–H groups in total. The van der Waals surface area contributed by atoms with Crippen LogP contribution in [-0.4, -0.2) is 25.6 Å². The predicted molar refractivity (Wildman–Crippen MR) is 111 cm³/mol. The average molecular weight is 410 g/mol. The molecule has 148 valence electrons. The van der Waals surface area contributed by atoms with Crippen LogP contribution in [0.25, 0.3) is 33.2 Å². The summed E-state index contributed by atoms with van der Waals surface area (Å²) in [5.41, 5.74) is 3.57. The van der Waals surface area contributed by atoms with Gasteiger partial charge in [-0.25, -0.2) is 17.5 Å². The number of hydrogen-bond acceptors (Lipinski definition) is 3. The minimum atomic E-state index is -3.68. The second-order valence-electron chi connectivity index (χ2n) is 6.63. The number of sulfonamides is 1. The van der Waals surface area contributed by atoms with Crippen LogP contribution < -0.4 is 4.72 Å². The molecule has 0 aliphatic carbocycles. The van der Waals surface area contributed by atoms with Crippen LogP contribution in [0, 0.1) is 5.82 Å². The molecular formula is C22H19FN2O3S. The number of fused-ring (bicyclic) bond motifs is 1. The molecule has 29 heavy (non-hydrogen) atoms. The predicted octanol–water partition coefficient (Wildman–Crippen LogP) is 4.04. The van der Waals surface area contributed by atoms with Crippen molar-refractivity contribution in [3.05, 3.63) is 78.2 Å². The van der Waals surface area contributed by atoms with Gasteiger partial charge in [0.15, 0.2) is 0 Å². The molecule has 0 atom stereocenters. The quantitative estimate of drug-likeness (QED) is 0.464. The van der Waals surface area contributed by atoms with Crippen LogP contribution in [0.1, 0.15) is 5.56 Å². The highest BCUT2D eigenvalue weighted by Gasteiger charge is 2.18. The van der Waals surface area contributed by atoms with Crippen LogP contribution in [0.2, 0.25) is 0 Å². The highest BCUT2D eigenvalue weighted by molar-refractivity contribution is 7.89. The number of aromatic amines is 1. The maximum absolute atomic E-state index is 15.0. The molecule has 7 heteroatoms. The molecule has 4 aromatic rings. The molecule has 0 radical (unpaired) electrons. The molecule has 0 aliphatic rings. The standard InChI is InChI=1S/C22H19FN2O3S/c1-24-29(27,28)22-5-3-2-4-18(22)15-6-8-17(20(23)11-15)14-7-9-21-19(10-14)16(13-26)12-25-21/h2-12,24-26H,13H2,1H3. The molecular weight excluding hydrogens is 391 g/mol. The Morgan fingerprint density at radius 2 is 1.72 bits per heavy atom. The van der Waals surface area contributed by atoms with Crippen molar-refractivity contribution >= 4 is 20.9 Å². The fourth-order valence-corrected chi connectivity index (χ4v) is 4.40. The monoisotopic (exact) mass is 410 g/mol. The van der Waals surface area contributed by atoms with Gasteiger partial charge >= 0.3 is 0 Å². The fourth-order valence-electron chi connectivity index (χ4n) is 3.44. The first-order valence-corrected chi connectivity index (χ1v) is 10.5. The lowest BCUT2D eigenvalue weighted by Crippen LogP contribution is -2.19. The molecule has 1 heterocycles. The Hall–Kier alpha value is -3.00. The van der Waals surface area contributed by atoms with Gasteiger partial charge in [-0.2, -0.15) is 0 Å². The van der Waals surface area contributed by atoms with Crippen LogP contribution in [-0.2, 0) is 16.6 Å². The summed E-state index contributed by atoms with van der Waals surface area (Å²) in [7, 11) is -2.34. The topological polar surface area (TPSA) is 82.2 Å². The fraction of sp³-hybridized carbons (Fsp3) is 0.0909. The minimum absolute atomic E-state index is 0.0935. The van der Waals surface area contributed by atoms with E-state index in [2.05, 4.69) is 9.71 Å². The van der Waals surface area contributed by atoms with E-state index in [0.717, 1.165) is 16.5 Å². The zero-order chi connectivity index (χ0) is 20.6. The minimum Gasteiger partial charge on any atom is -0.392 e. The Morgan fingerprint density at radius 3 is 2.45 bits per heavy atom. The normalized spacial score (nSPS) is 11.8. The van der Waals surface area contributed by atoms with Crippen molar-refractivity contribution in [3.63, 3.8) is 0 Å². The lowest BCUT2D eigenvalue weighted by Gasteiger charge is -2.12. The third kappa shape index (κ3) is 3.44. The number of aliphatic hydroxyl groups excluding tert-OH is 1. The van der Waals surface area contributed by atoms with E-state index in [-0.39, 0.29) is 11.5 Å². The van der Waals surface area contributed by atoms with Gasteiger partial charge in [0, 0.05) is 33.8 Å². The Balaban J connectivity index is 1.81. The average Bonchev–Trinajstić information content (AvgIpc) is 3.16. The molecule has 0 saturated heterocycles. The molecule has 0 unspecified atom stereocenters. The zero-order valence-electron chi connectivity index (χ0n) is 15.6. The highest BCUT2D eigenvalue weighted by atomic mass is 32.2. The molecule has 1 aromatic heterocycles. The molecule has 0 aliphatic heterocycles. The SMILES string of the molecule is CNS(=O)(=O)c1ccccc1-c1ccc(-c2ccc3[nH]cc(CO)c3c2)c(F)c1. The van der Waals surface area contributed by atoms with Crippen molar-refractivity contribution < 1.29 is 17.9 Å².